The third-order valence-corrected chi connectivity index (χ3v) is 10.9. The molecule has 55 heavy (non-hydrogen) atoms. The van der Waals surface area contributed by atoms with Gasteiger partial charge in [-0.05, 0) is 83.3 Å². The molecule has 3 aromatic carbocycles. The first-order chi connectivity index (χ1) is 26.4. The fourth-order valence-electron chi connectivity index (χ4n) is 7.97. The fourth-order valence-corrected chi connectivity index (χ4v) is 7.97. The Morgan fingerprint density at radius 3 is 1.58 bits per heavy atom. The van der Waals surface area contributed by atoms with E-state index in [0.717, 1.165) is 75.6 Å². The van der Waals surface area contributed by atoms with E-state index < -0.39 is 24.3 Å². The monoisotopic (exact) mass is 748 g/mol. The van der Waals surface area contributed by atoms with Crippen molar-refractivity contribution in [3.63, 3.8) is 0 Å². The molecule has 0 aliphatic carbocycles. The van der Waals surface area contributed by atoms with Crippen LogP contribution in [0.3, 0.4) is 0 Å². The molecule has 0 spiro atoms. The number of rotatable bonds is 10. The van der Waals surface area contributed by atoms with Gasteiger partial charge in [0.25, 0.3) is 0 Å². The Hall–Kier alpha value is -5.92. The maximum absolute atomic E-state index is 13.6. The number of alkyl carbamates (subject to hydrolysis) is 1. The Balaban J connectivity index is 1.08. The van der Waals surface area contributed by atoms with Gasteiger partial charge in [-0.25, -0.2) is 19.6 Å². The van der Waals surface area contributed by atoms with Crippen molar-refractivity contribution in [1.29, 1.82) is 0 Å². The summed E-state index contributed by atoms with van der Waals surface area (Å²) < 4.78 is 4.76. The lowest BCUT2D eigenvalue weighted by Gasteiger charge is -2.30. The molecule has 5 aromatic rings. The molecule has 7 rings (SSSR count). The molecule has 2 fully saturated rings. The summed E-state index contributed by atoms with van der Waals surface area (Å²) in [4.78, 5) is 70.2. The van der Waals surface area contributed by atoms with Crippen LogP contribution in [-0.4, -0.2) is 91.1 Å². The topological polar surface area (TPSA) is 186 Å². The molecule has 5 N–H and O–H groups in total. The molecule has 0 saturated carbocycles. The second kappa shape index (κ2) is 15.4. The number of methoxy groups -OCH3 is 1. The van der Waals surface area contributed by atoms with Crippen LogP contribution in [0.25, 0.3) is 44.1 Å². The van der Waals surface area contributed by atoms with E-state index in [9.17, 15) is 24.3 Å². The molecular formula is C41H48N8O6. The van der Waals surface area contributed by atoms with Crippen LogP contribution in [0.15, 0.2) is 60.9 Å². The summed E-state index contributed by atoms with van der Waals surface area (Å²) in [5.74, 6) is 0.732. The number of aromatic amines is 2. The van der Waals surface area contributed by atoms with Crippen LogP contribution in [0.2, 0.25) is 0 Å². The summed E-state index contributed by atoms with van der Waals surface area (Å²) in [6, 6.07) is 14.9. The number of aromatic nitrogens is 4. The number of nitrogens with zero attached hydrogens (tertiary/aromatic N) is 4. The third kappa shape index (κ3) is 7.58. The molecule has 2 saturated heterocycles. The van der Waals surface area contributed by atoms with Crippen molar-refractivity contribution < 1.29 is 29.0 Å². The average molecular weight is 749 g/mol. The van der Waals surface area contributed by atoms with Crippen LogP contribution >= 0.6 is 0 Å². The molecule has 2 aromatic heterocycles. The highest BCUT2D eigenvalue weighted by molar-refractivity contribution is 6.01. The lowest BCUT2D eigenvalue weighted by Crippen LogP contribution is -2.51. The molecule has 288 valence electrons. The quantitative estimate of drug-likeness (QED) is 0.0969. The van der Waals surface area contributed by atoms with Crippen LogP contribution in [-0.2, 0) is 14.3 Å². The minimum absolute atomic E-state index is 0.111. The number of carboxylic acid groups (broad SMARTS) is 1. The molecule has 14 nitrogen and oxygen atoms in total. The van der Waals surface area contributed by atoms with Gasteiger partial charge in [0.05, 0.1) is 43.0 Å². The van der Waals surface area contributed by atoms with E-state index in [1.54, 1.807) is 11.1 Å². The van der Waals surface area contributed by atoms with Crippen LogP contribution in [0, 0.1) is 11.8 Å². The highest BCUT2D eigenvalue weighted by atomic mass is 16.5. The van der Waals surface area contributed by atoms with E-state index in [1.807, 2.05) is 38.8 Å². The van der Waals surface area contributed by atoms with Gasteiger partial charge in [-0.15, -0.1) is 0 Å². The molecule has 4 atom stereocenters. The maximum atomic E-state index is 13.6. The molecule has 2 aliphatic rings. The Labute approximate surface area is 319 Å². The molecule has 4 amide bonds. The minimum Gasteiger partial charge on any atom is -0.465 e. The summed E-state index contributed by atoms with van der Waals surface area (Å²) in [6.45, 7) is 8.60. The molecule has 4 unspecified atom stereocenters. The highest BCUT2D eigenvalue weighted by Gasteiger charge is 2.39. The van der Waals surface area contributed by atoms with Gasteiger partial charge in [-0.1, -0.05) is 52.0 Å². The van der Waals surface area contributed by atoms with E-state index in [-0.39, 0.29) is 35.7 Å². The minimum atomic E-state index is -1.21. The Morgan fingerprint density at radius 2 is 1.16 bits per heavy atom. The first kappa shape index (κ1) is 37.4. The van der Waals surface area contributed by atoms with Crippen LogP contribution in [0.4, 0.5) is 9.59 Å². The zero-order valence-electron chi connectivity index (χ0n) is 31.8. The smallest absolute Gasteiger partial charge is 0.407 e. The molecule has 14 heteroatoms. The zero-order valence-corrected chi connectivity index (χ0v) is 31.8. The van der Waals surface area contributed by atoms with E-state index in [0.29, 0.717) is 18.9 Å². The standard InChI is InChI=1S/C41H48N8O6/c1-22(2)34(46-40(52)53)38(50)48-14-6-8-32(48)36-42-20-30(44-36)26-12-10-24-17-29-19-27(13-11-25(29)16-28(24)18-26)31-21-43-37(45-31)33-9-7-15-49(33)39(51)35(23(3)4)47-41(54)55-5/h10-13,16-23,32-35,46H,6-9,14-15H2,1-5H3,(H,42,44)(H,43,45)(H,47,54)(H,52,53). The summed E-state index contributed by atoms with van der Waals surface area (Å²) >= 11 is 0. The van der Waals surface area contributed by atoms with Crippen molar-refractivity contribution in [3.8, 4) is 22.5 Å². The van der Waals surface area contributed by atoms with Crippen LogP contribution in [0.1, 0.15) is 77.1 Å². The number of carbonyl (C=O) groups is 4. The number of carbonyl (C=O) groups excluding carboxylic acids is 3. The summed E-state index contributed by atoms with van der Waals surface area (Å²) in [5.41, 5.74) is 3.65. The van der Waals surface area contributed by atoms with E-state index in [1.165, 1.54) is 7.11 Å². The summed E-state index contributed by atoms with van der Waals surface area (Å²) in [6.07, 6.45) is 4.94. The molecule has 2 aliphatic heterocycles. The van der Waals surface area contributed by atoms with E-state index >= 15 is 0 Å². The molecule has 0 radical (unpaired) electrons. The van der Waals surface area contributed by atoms with Gasteiger partial charge in [0, 0.05) is 24.2 Å². The fraction of sp³-hybridized carbons (Fsp3) is 0.415. The summed E-state index contributed by atoms with van der Waals surface area (Å²) in [5, 5.41) is 18.7. The van der Waals surface area contributed by atoms with Gasteiger partial charge in [-0.2, -0.15) is 0 Å². The van der Waals surface area contributed by atoms with E-state index in [2.05, 4.69) is 74.1 Å². The number of hydrogen-bond donors (Lipinski definition) is 5. The maximum Gasteiger partial charge on any atom is 0.407 e. The number of benzene rings is 3. The molecule has 4 heterocycles. The number of H-pyrrole nitrogens is 2. The Bertz CT molecular complexity index is 2240. The van der Waals surface area contributed by atoms with Gasteiger partial charge < -0.3 is 40.2 Å². The predicted octanol–water partition coefficient (Wildman–Crippen LogP) is 6.77. The summed E-state index contributed by atoms with van der Waals surface area (Å²) in [7, 11) is 1.29. The first-order valence-corrected chi connectivity index (χ1v) is 18.9. The lowest BCUT2D eigenvalue weighted by atomic mass is 9.99. The van der Waals surface area contributed by atoms with E-state index in [4.69, 9.17) is 9.72 Å². The zero-order chi connectivity index (χ0) is 39.0. The van der Waals surface area contributed by atoms with Crippen LogP contribution in [0.5, 0.6) is 0 Å². The number of imidazole rings is 2. The Kier molecular flexibility index (Phi) is 10.5. The van der Waals surface area contributed by atoms with Crippen molar-refractivity contribution in [1.82, 2.24) is 40.4 Å². The number of nitrogens with one attached hydrogen (secondary N) is 4. The predicted molar refractivity (Wildman–Crippen MR) is 208 cm³/mol. The second-order valence-electron chi connectivity index (χ2n) is 15.2. The van der Waals surface area contributed by atoms with Crippen LogP contribution < -0.4 is 10.6 Å². The highest BCUT2D eigenvalue weighted by Crippen LogP contribution is 2.36. The van der Waals surface area contributed by atoms with Crippen molar-refractivity contribution >= 4 is 45.5 Å². The van der Waals surface area contributed by atoms with Crippen molar-refractivity contribution in [3.05, 3.63) is 72.6 Å². The largest absolute Gasteiger partial charge is 0.465 e. The van der Waals surface area contributed by atoms with Gasteiger partial charge >= 0.3 is 12.2 Å². The number of likely N-dealkylation sites (tertiary alicyclic amines) is 2. The Morgan fingerprint density at radius 1 is 0.709 bits per heavy atom. The average Bonchev–Trinajstić information content (AvgIpc) is 4.00. The first-order valence-electron chi connectivity index (χ1n) is 18.9. The van der Waals surface area contributed by atoms with Crippen molar-refractivity contribution in [2.24, 2.45) is 11.8 Å². The SMILES string of the molecule is COC(=O)NC(C(=O)N1CCCC1c1ncc(-c2ccc3cc4cc(-c5cnc(C6CCCN6C(=O)C(NC(=O)O)C(C)C)[nH]5)ccc4cc3c2)[nH]1)C(C)C. The van der Waals surface area contributed by atoms with Crippen molar-refractivity contribution in [2.45, 2.75) is 77.5 Å². The van der Waals surface area contributed by atoms with Gasteiger partial charge in [0.2, 0.25) is 11.8 Å². The third-order valence-electron chi connectivity index (χ3n) is 10.9. The number of ether oxygens (including phenoxy) is 1. The molecular weight excluding hydrogens is 701 g/mol. The lowest BCUT2D eigenvalue weighted by molar-refractivity contribution is -0.136. The second-order valence-corrected chi connectivity index (χ2v) is 15.2. The number of amides is 4. The van der Waals surface area contributed by atoms with Gasteiger partial charge in [0.1, 0.15) is 23.7 Å². The van der Waals surface area contributed by atoms with Gasteiger partial charge in [0.15, 0.2) is 0 Å². The number of fused-ring (bicyclic) bond motifs is 2. The van der Waals surface area contributed by atoms with Crippen molar-refractivity contribution in [2.75, 3.05) is 20.2 Å². The normalized spacial score (nSPS) is 18.3. The van der Waals surface area contributed by atoms with Gasteiger partial charge in [-0.3, -0.25) is 9.59 Å². The molecule has 0 bridgehead atoms. The number of hydrogen-bond acceptors (Lipinski definition) is 7.